The molecule has 6 heteroatoms. The van der Waals surface area contributed by atoms with E-state index in [4.69, 9.17) is 4.74 Å². The first kappa shape index (κ1) is 21.8. The molecule has 1 aliphatic rings. The standard InChI is InChI=1S/C19H30N4O.HI/c1-4-11-21-19(20-2)22-14-16-9-12-23(13-10-16)15-17-5-7-18(24-3)8-6-17;/h4-8,16H,1,9-15H2,2-3H3,(H2,20,21,22);1H. The second-order valence-corrected chi connectivity index (χ2v) is 6.19. The number of halogens is 1. The lowest BCUT2D eigenvalue weighted by Gasteiger charge is -2.32. The molecule has 1 aromatic rings. The normalized spacial score (nSPS) is 16.0. The van der Waals surface area contributed by atoms with Gasteiger partial charge in [-0.2, -0.15) is 0 Å². The molecular weight excluding hydrogens is 427 g/mol. The lowest BCUT2D eigenvalue weighted by molar-refractivity contribution is 0.178. The molecule has 0 radical (unpaired) electrons. The molecule has 2 N–H and O–H groups in total. The molecule has 0 aromatic heterocycles. The summed E-state index contributed by atoms with van der Waals surface area (Å²) in [7, 11) is 3.51. The van der Waals surface area contributed by atoms with Crippen molar-refractivity contribution in [1.29, 1.82) is 0 Å². The molecular formula is C19H31IN4O. The minimum atomic E-state index is 0. The molecule has 25 heavy (non-hydrogen) atoms. The van der Waals surface area contributed by atoms with E-state index in [2.05, 4.69) is 39.2 Å². The summed E-state index contributed by atoms with van der Waals surface area (Å²) in [4.78, 5) is 6.75. The van der Waals surface area contributed by atoms with E-state index in [9.17, 15) is 0 Å². The van der Waals surface area contributed by atoms with Crippen LogP contribution >= 0.6 is 24.0 Å². The monoisotopic (exact) mass is 458 g/mol. The summed E-state index contributed by atoms with van der Waals surface area (Å²) in [6, 6.07) is 8.38. The van der Waals surface area contributed by atoms with Crippen LogP contribution in [-0.4, -0.2) is 51.2 Å². The Morgan fingerprint density at radius 1 is 1.28 bits per heavy atom. The van der Waals surface area contributed by atoms with Gasteiger partial charge in [0.15, 0.2) is 5.96 Å². The second kappa shape index (κ2) is 12.1. The van der Waals surface area contributed by atoms with Crippen LogP contribution in [0.2, 0.25) is 0 Å². The molecule has 5 nitrogen and oxygen atoms in total. The van der Waals surface area contributed by atoms with Gasteiger partial charge in [-0.05, 0) is 49.5 Å². The quantitative estimate of drug-likeness (QED) is 0.286. The fourth-order valence-corrected chi connectivity index (χ4v) is 2.97. The maximum Gasteiger partial charge on any atom is 0.191 e. The zero-order valence-electron chi connectivity index (χ0n) is 15.3. The number of guanidine groups is 1. The highest BCUT2D eigenvalue weighted by molar-refractivity contribution is 14.0. The Morgan fingerprint density at radius 3 is 2.52 bits per heavy atom. The van der Waals surface area contributed by atoms with Crippen molar-refractivity contribution in [2.75, 3.05) is 40.3 Å². The van der Waals surface area contributed by atoms with E-state index in [-0.39, 0.29) is 24.0 Å². The van der Waals surface area contributed by atoms with Crippen molar-refractivity contribution in [2.45, 2.75) is 19.4 Å². The summed E-state index contributed by atoms with van der Waals surface area (Å²) in [5, 5.41) is 6.62. The number of hydrogen-bond acceptors (Lipinski definition) is 3. The van der Waals surface area contributed by atoms with Crippen molar-refractivity contribution < 1.29 is 4.74 Å². The molecule has 1 saturated heterocycles. The molecule has 2 rings (SSSR count). The summed E-state index contributed by atoms with van der Waals surface area (Å²) in [6.07, 6.45) is 4.29. The van der Waals surface area contributed by atoms with Crippen LogP contribution < -0.4 is 15.4 Å². The highest BCUT2D eigenvalue weighted by atomic mass is 127. The molecule has 140 valence electrons. The van der Waals surface area contributed by atoms with Gasteiger partial charge in [0.1, 0.15) is 5.75 Å². The number of methoxy groups -OCH3 is 1. The predicted molar refractivity (Wildman–Crippen MR) is 116 cm³/mol. The molecule has 0 saturated carbocycles. The van der Waals surface area contributed by atoms with Gasteiger partial charge >= 0.3 is 0 Å². The fraction of sp³-hybridized carbons (Fsp3) is 0.526. The van der Waals surface area contributed by atoms with Gasteiger partial charge in [0.05, 0.1) is 7.11 Å². The van der Waals surface area contributed by atoms with Gasteiger partial charge < -0.3 is 15.4 Å². The van der Waals surface area contributed by atoms with Crippen LogP contribution in [0, 0.1) is 5.92 Å². The van der Waals surface area contributed by atoms with Gasteiger partial charge in [0.2, 0.25) is 0 Å². The first-order valence-corrected chi connectivity index (χ1v) is 8.66. The molecule has 0 amide bonds. The zero-order valence-corrected chi connectivity index (χ0v) is 17.7. The third kappa shape index (κ3) is 7.64. The summed E-state index contributed by atoms with van der Waals surface area (Å²) >= 11 is 0. The maximum atomic E-state index is 5.21. The topological polar surface area (TPSA) is 48.9 Å². The van der Waals surface area contributed by atoms with E-state index in [1.807, 2.05) is 18.2 Å². The van der Waals surface area contributed by atoms with Crippen molar-refractivity contribution >= 4 is 29.9 Å². The lowest BCUT2D eigenvalue weighted by atomic mass is 9.96. The van der Waals surface area contributed by atoms with Crippen molar-refractivity contribution in [3.05, 3.63) is 42.5 Å². The molecule has 1 aliphatic heterocycles. The Balaban J connectivity index is 0.00000312. The second-order valence-electron chi connectivity index (χ2n) is 6.19. The van der Waals surface area contributed by atoms with Crippen LogP contribution in [0.15, 0.2) is 41.9 Å². The Hall–Kier alpha value is -1.28. The predicted octanol–water partition coefficient (Wildman–Crippen LogP) is 2.88. The van der Waals surface area contributed by atoms with E-state index in [1.165, 1.54) is 18.4 Å². The summed E-state index contributed by atoms with van der Waals surface area (Å²) in [5.74, 6) is 2.48. The van der Waals surface area contributed by atoms with Gasteiger partial charge in [-0.3, -0.25) is 9.89 Å². The van der Waals surface area contributed by atoms with Crippen LogP contribution in [0.3, 0.4) is 0 Å². The number of piperidine rings is 1. The van der Waals surface area contributed by atoms with Gasteiger partial charge in [-0.1, -0.05) is 18.2 Å². The minimum absolute atomic E-state index is 0. The molecule has 0 bridgehead atoms. The van der Waals surface area contributed by atoms with Crippen molar-refractivity contribution in [3.8, 4) is 5.75 Å². The Bertz CT molecular complexity index is 525. The van der Waals surface area contributed by atoms with Gasteiger partial charge in [-0.25, -0.2) is 0 Å². The number of nitrogens with one attached hydrogen (secondary N) is 2. The number of likely N-dealkylation sites (tertiary alicyclic amines) is 1. The van der Waals surface area contributed by atoms with Crippen LogP contribution in [0.4, 0.5) is 0 Å². The highest BCUT2D eigenvalue weighted by Gasteiger charge is 2.19. The first-order chi connectivity index (χ1) is 11.7. The maximum absolute atomic E-state index is 5.21. The number of benzene rings is 1. The van der Waals surface area contributed by atoms with E-state index in [0.29, 0.717) is 5.92 Å². The molecule has 1 aromatic carbocycles. The van der Waals surface area contributed by atoms with Crippen LogP contribution in [0.5, 0.6) is 5.75 Å². The average Bonchev–Trinajstić information content (AvgIpc) is 2.64. The van der Waals surface area contributed by atoms with Gasteiger partial charge in [0.25, 0.3) is 0 Å². The van der Waals surface area contributed by atoms with Crippen molar-refractivity contribution in [3.63, 3.8) is 0 Å². The third-order valence-corrected chi connectivity index (χ3v) is 4.47. The summed E-state index contributed by atoms with van der Waals surface area (Å²) in [6.45, 7) is 8.75. The minimum Gasteiger partial charge on any atom is -0.497 e. The van der Waals surface area contributed by atoms with Gasteiger partial charge in [-0.15, -0.1) is 30.6 Å². The molecule has 1 fully saturated rings. The number of nitrogens with zero attached hydrogens (tertiary/aromatic N) is 2. The number of ether oxygens (including phenoxy) is 1. The smallest absolute Gasteiger partial charge is 0.191 e. The van der Waals surface area contributed by atoms with E-state index < -0.39 is 0 Å². The number of rotatable bonds is 7. The average molecular weight is 458 g/mol. The van der Waals surface area contributed by atoms with Gasteiger partial charge in [0, 0.05) is 26.7 Å². The third-order valence-electron chi connectivity index (χ3n) is 4.47. The molecule has 0 atom stereocenters. The molecule has 0 spiro atoms. The van der Waals surface area contributed by atoms with E-state index >= 15 is 0 Å². The van der Waals surface area contributed by atoms with Crippen molar-refractivity contribution in [1.82, 2.24) is 15.5 Å². The first-order valence-electron chi connectivity index (χ1n) is 8.66. The van der Waals surface area contributed by atoms with Crippen LogP contribution in [-0.2, 0) is 6.54 Å². The molecule has 0 unspecified atom stereocenters. The molecule has 0 aliphatic carbocycles. The largest absolute Gasteiger partial charge is 0.497 e. The van der Waals surface area contributed by atoms with E-state index in [1.54, 1.807) is 14.2 Å². The summed E-state index contributed by atoms with van der Waals surface area (Å²) < 4.78 is 5.21. The Labute approximate surface area is 168 Å². The summed E-state index contributed by atoms with van der Waals surface area (Å²) in [5.41, 5.74) is 1.35. The van der Waals surface area contributed by atoms with Crippen LogP contribution in [0.1, 0.15) is 18.4 Å². The number of aliphatic imine (C=N–C) groups is 1. The SMILES string of the molecule is C=CCNC(=NC)NCC1CCN(Cc2ccc(OC)cc2)CC1.I. The fourth-order valence-electron chi connectivity index (χ4n) is 2.97. The Morgan fingerprint density at radius 2 is 1.96 bits per heavy atom. The van der Waals surface area contributed by atoms with Crippen LogP contribution in [0.25, 0.3) is 0 Å². The van der Waals surface area contributed by atoms with Crippen molar-refractivity contribution in [2.24, 2.45) is 10.9 Å². The van der Waals surface area contributed by atoms with E-state index in [0.717, 1.165) is 44.4 Å². The Kier molecular flexibility index (Phi) is 10.6. The lowest BCUT2D eigenvalue weighted by Crippen LogP contribution is -2.42. The zero-order chi connectivity index (χ0) is 17.2. The highest BCUT2D eigenvalue weighted by Crippen LogP contribution is 2.19. The number of hydrogen-bond donors (Lipinski definition) is 2. The molecule has 1 heterocycles.